The zero-order valence-electron chi connectivity index (χ0n) is 22.4. The fraction of sp³-hybridized carbons (Fsp3) is 0.800. The van der Waals surface area contributed by atoms with Gasteiger partial charge in [0, 0.05) is 26.0 Å². The number of aliphatic hydroxyl groups is 1. The number of nitrogens with zero attached hydrogens (tertiary/aromatic N) is 1. The number of amides is 2. The van der Waals surface area contributed by atoms with Gasteiger partial charge in [-0.05, 0) is 60.8 Å². The quantitative estimate of drug-likeness (QED) is 0.282. The van der Waals surface area contributed by atoms with E-state index >= 15 is 0 Å². The zero-order valence-corrected chi connectivity index (χ0v) is 22.4. The first-order valence-corrected chi connectivity index (χ1v) is 11.9. The van der Waals surface area contributed by atoms with E-state index in [1.54, 1.807) is 41.5 Å². The number of rotatable bonds is 9. The molecule has 0 spiro atoms. The molecular weight excluding hydrogens is 456 g/mol. The lowest BCUT2D eigenvalue weighted by Gasteiger charge is -2.36. The standard InChI is InChI=1S/C25H42N2O8/c1-11-16(33-22(32-10)26-15(3)28)13-18-17(20(29)12-2)14-19(21(30)34-24(4,5)6)27(18)23(31)35-25(7,8)9/h2,16-20,22,29H,11,13-14H2,1,3-10H3,(H,26,28)/t16-,17-,18?,19?,20+,22?/m1/s1. The van der Waals surface area contributed by atoms with Gasteiger partial charge in [-0.2, -0.15) is 0 Å². The highest BCUT2D eigenvalue weighted by molar-refractivity contribution is 5.83. The van der Waals surface area contributed by atoms with Gasteiger partial charge in [0.15, 0.2) is 0 Å². The van der Waals surface area contributed by atoms with Crippen LogP contribution in [0.2, 0.25) is 0 Å². The lowest BCUT2D eigenvalue weighted by molar-refractivity contribution is -0.182. The van der Waals surface area contributed by atoms with Crippen molar-refractivity contribution in [3.63, 3.8) is 0 Å². The number of likely N-dealkylation sites (tertiary alicyclic amines) is 1. The Morgan fingerprint density at radius 3 is 2.14 bits per heavy atom. The summed E-state index contributed by atoms with van der Waals surface area (Å²) in [6.07, 6.45) is 2.88. The number of aliphatic hydroxyl groups excluding tert-OH is 1. The zero-order chi connectivity index (χ0) is 27.1. The lowest BCUT2D eigenvalue weighted by Crippen LogP contribution is -2.51. The molecule has 1 aliphatic rings. The van der Waals surface area contributed by atoms with Crippen LogP contribution in [0, 0.1) is 18.3 Å². The summed E-state index contributed by atoms with van der Waals surface area (Å²) in [4.78, 5) is 39.3. The minimum atomic E-state index is -1.22. The number of hydrogen-bond acceptors (Lipinski definition) is 8. The number of nitrogens with one attached hydrogen (secondary N) is 1. The second kappa shape index (κ2) is 12.6. The van der Waals surface area contributed by atoms with Crippen molar-refractivity contribution < 1.29 is 38.4 Å². The van der Waals surface area contributed by atoms with E-state index in [1.165, 1.54) is 18.9 Å². The fourth-order valence-electron chi connectivity index (χ4n) is 3.95. The minimum absolute atomic E-state index is 0.0972. The third-order valence-corrected chi connectivity index (χ3v) is 5.35. The predicted octanol–water partition coefficient (Wildman–Crippen LogP) is 2.57. The Kier molecular flexibility index (Phi) is 11.0. The van der Waals surface area contributed by atoms with Gasteiger partial charge in [0.05, 0.1) is 6.10 Å². The fourth-order valence-corrected chi connectivity index (χ4v) is 3.95. The number of terminal acetylenes is 1. The molecule has 1 fully saturated rings. The molecular formula is C25H42N2O8. The van der Waals surface area contributed by atoms with Gasteiger partial charge in [-0.1, -0.05) is 12.8 Å². The van der Waals surface area contributed by atoms with E-state index in [-0.39, 0.29) is 18.7 Å². The van der Waals surface area contributed by atoms with Crippen molar-refractivity contribution in [1.29, 1.82) is 0 Å². The van der Waals surface area contributed by atoms with Crippen LogP contribution < -0.4 is 5.32 Å². The van der Waals surface area contributed by atoms with Crippen LogP contribution in [0.4, 0.5) is 4.79 Å². The summed E-state index contributed by atoms with van der Waals surface area (Å²) >= 11 is 0. The summed E-state index contributed by atoms with van der Waals surface area (Å²) < 4.78 is 22.3. The van der Waals surface area contributed by atoms with Crippen molar-refractivity contribution in [3.8, 4) is 12.3 Å². The highest BCUT2D eigenvalue weighted by atomic mass is 16.7. The molecule has 0 saturated carbocycles. The largest absolute Gasteiger partial charge is 0.458 e. The molecule has 0 aliphatic carbocycles. The Morgan fingerprint density at radius 2 is 1.71 bits per heavy atom. The van der Waals surface area contributed by atoms with Crippen molar-refractivity contribution in [2.24, 2.45) is 5.92 Å². The molecule has 1 saturated heterocycles. The molecule has 35 heavy (non-hydrogen) atoms. The average Bonchev–Trinajstić information content (AvgIpc) is 3.08. The first-order chi connectivity index (χ1) is 16.0. The minimum Gasteiger partial charge on any atom is -0.458 e. The van der Waals surface area contributed by atoms with Crippen LogP contribution in [-0.2, 0) is 28.5 Å². The Hall–Kier alpha value is -2.35. The molecule has 2 amide bonds. The molecule has 0 aromatic carbocycles. The SMILES string of the molecule is C#C[C@H](O)[C@@H]1CC(C(=O)OC(C)(C)C)N(C(=O)OC(C)(C)C)C1C[C@@H](CC)OC(NC(C)=O)OC. The van der Waals surface area contributed by atoms with E-state index in [2.05, 4.69) is 11.2 Å². The van der Waals surface area contributed by atoms with Crippen molar-refractivity contribution in [3.05, 3.63) is 0 Å². The number of carbonyl (C=O) groups excluding carboxylic acids is 3. The summed E-state index contributed by atoms with van der Waals surface area (Å²) in [5.74, 6) is 0.741. The molecule has 10 nitrogen and oxygen atoms in total. The number of carbonyl (C=O) groups is 3. The summed E-state index contributed by atoms with van der Waals surface area (Å²) in [6.45, 7) is 13.6. The van der Waals surface area contributed by atoms with Crippen LogP contribution >= 0.6 is 0 Å². The summed E-state index contributed by atoms with van der Waals surface area (Å²) in [5.41, 5.74) is -1.61. The van der Waals surface area contributed by atoms with Crippen molar-refractivity contribution in [2.45, 2.75) is 117 Å². The van der Waals surface area contributed by atoms with E-state index in [4.69, 9.17) is 25.4 Å². The van der Waals surface area contributed by atoms with Crippen LogP contribution in [0.15, 0.2) is 0 Å². The summed E-state index contributed by atoms with van der Waals surface area (Å²) in [5, 5.41) is 13.2. The normalized spacial score (nSPS) is 23.1. The number of esters is 1. The monoisotopic (exact) mass is 498 g/mol. The van der Waals surface area contributed by atoms with Gasteiger partial charge in [0.1, 0.15) is 23.3 Å². The highest BCUT2D eigenvalue weighted by Crippen LogP contribution is 2.38. The molecule has 0 aromatic rings. The smallest absolute Gasteiger partial charge is 0.411 e. The van der Waals surface area contributed by atoms with E-state index in [0.717, 1.165) is 0 Å². The average molecular weight is 499 g/mol. The molecule has 1 rings (SSSR count). The first kappa shape index (κ1) is 30.7. The van der Waals surface area contributed by atoms with Gasteiger partial charge in [-0.15, -0.1) is 6.42 Å². The van der Waals surface area contributed by atoms with Crippen molar-refractivity contribution in [2.75, 3.05) is 7.11 Å². The number of methoxy groups -OCH3 is 1. The maximum absolute atomic E-state index is 13.3. The number of ether oxygens (including phenoxy) is 4. The van der Waals surface area contributed by atoms with Crippen LogP contribution in [0.5, 0.6) is 0 Å². The third kappa shape index (κ3) is 9.67. The van der Waals surface area contributed by atoms with Gasteiger partial charge < -0.3 is 29.4 Å². The Balaban J connectivity index is 3.39. The van der Waals surface area contributed by atoms with Crippen molar-refractivity contribution in [1.82, 2.24) is 10.2 Å². The second-order valence-corrected chi connectivity index (χ2v) is 10.7. The van der Waals surface area contributed by atoms with E-state index in [1.807, 2.05) is 6.92 Å². The Bertz CT molecular complexity index is 780. The topological polar surface area (TPSA) is 124 Å². The van der Waals surface area contributed by atoms with Gasteiger partial charge in [0.2, 0.25) is 12.3 Å². The molecule has 1 heterocycles. The molecule has 0 radical (unpaired) electrons. The van der Waals surface area contributed by atoms with Crippen molar-refractivity contribution >= 4 is 18.0 Å². The maximum Gasteiger partial charge on any atom is 0.411 e. The van der Waals surface area contributed by atoms with Gasteiger partial charge in [0.25, 0.3) is 0 Å². The number of hydrogen-bond donors (Lipinski definition) is 2. The summed E-state index contributed by atoms with van der Waals surface area (Å²) in [7, 11) is 1.39. The van der Waals surface area contributed by atoms with Gasteiger partial charge in [-0.25, -0.2) is 9.59 Å². The van der Waals surface area contributed by atoms with E-state index < -0.39 is 59.9 Å². The van der Waals surface area contributed by atoms with E-state index in [0.29, 0.717) is 6.42 Å². The molecule has 0 bridgehead atoms. The van der Waals surface area contributed by atoms with Crippen LogP contribution in [0.1, 0.15) is 74.7 Å². The van der Waals surface area contributed by atoms with Crippen LogP contribution in [0.25, 0.3) is 0 Å². The van der Waals surface area contributed by atoms with Gasteiger partial charge >= 0.3 is 12.1 Å². The predicted molar refractivity (Wildman–Crippen MR) is 129 cm³/mol. The van der Waals surface area contributed by atoms with E-state index in [9.17, 15) is 19.5 Å². The Morgan fingerprint density at radius 1 is 1.14 bits per heavy atom. The molecule has 200 valence electrons. The first-order valence-electron chi connectivity index (χ1n) is 11.9. The molecule has 2 N–H and O–H groups in total. The van der Waals surface area contributed by atoms with Crippen LogP contribution in [-0.4, -0.2) is 77.0 Å². The molecule has 3 unspecified atom stereocenters. The molecule has 0 aromatic heterocycles. The van der Waals surface area contributed by atoms with Gasteiger partial charge in [-0.3, -0.25) is 9.69 Å². The molecule has 10 heteroatoms. The maximum atomic E-state index is 13.3. The van der Waals surface area contributed by atoms with Crippen LogP contribution in [0.3, 0.4) is 0 Å². The summed E-state index contributed by atoms with van der Waals surface area (Å²) in [6, 6.07) is -1.71. The molecule has 1 aliphatic heterocycles. The third-order valence-electron chi connectivity index (χ3n) is 5.35. The molecule has 6 atom stereocenters. The lowest BCUT2D eigenvalue weighted by atomic mass is 9.89. The highest BCUT2D eigenvalue weighted by Gasteiger charge is 2.52. The second-order valence-electron chi connectivity index (χ2n) is 10.7. The Labute approximate surface area is 209 Å².